The Balaban J connectivity index is 1.62. The lowest BCUT2D eigenvalue weighted by atomic mass is 9.82. The molecule has 4 nitrogen and oxygen atoms in total. The molecular weight excluding hydrogens is 408 g/mol. The molecule has 0 aromatic heterocycles. The molecule has 1 amide bonds. The molecule has 1 saturated heterocycles. The second kappa shape index (κ2) is 10.1. The summed E-state index contributed by atoms with van der Waals surface area (Å²) >= 11 is 0. The second-order valence-electron chi connectivity index (χ2n) is 9.55. The number of carbonyl (C=O) groups excluding carboxylic acids is 1. The molecule has 0 atom stereocenters. The van der Waals surface area contributed by atoms with Gasteiger partial charge >= 0.3 is 0 Å². The van der Waals surface area contributed by atoms with Crippen molar-refractivity contribution in [1.29, 1.82) is 0 Å². The average Bonchev–Trinajstić information content (AvgIpc) is 3.65. The van der Waals surface area contributed by atoms with Crippen molar-refractivity contribution >= 4 is 11.5 Å². The average molecular weight is 447 g/mol. The summed E-state index contributed by atoms with van der Waals surface area (Å²) in [7, 11) is 0. The molecule has 4 rings (SSSR count). The summed E-state index contributed by atoms with van der Waals surface area (Å²) in [5.74, 6) is 1.74. The molecule has 4 heteroatoms. The molecule has 2 fully saturated rings. The highest BCUT2D eigenvalue weighted by Gasteiger charge is 2.40. The fourth-order valence-electron chi connectivity index (χ4n) is 4.95. The van der Waals surface area contributed by atoms with Crippen LogP contribution in [0, 0.1) is 5.92 Å². The SMILES string of the molecule is C=C1OC2(C=C(c3ccc(C(=O)N(CC)CC)cc3)/C1=C/C=C\C)CCN(CC1CC1)CC2. The van der Waals surface area contributed by atoms with E-state index >= 15 is 0 Å². The summed E-state index contributed by atoms with van der Waals surface area (Å²) in [4.78, 5) is 17.2. The Bertz CT molecular complexity index is 954. The molecule has 1 aromatic rings. The minimum atomic E-state index is -0.296. The van der Waals surface area contributed by atoms with E-state index in [2.05, 4.69) is 35.8 Å². The van der Waals surface area contributed by atoms with Gasteiger partial charge in [-0.3, -0.25) is 4.79 Å². The van der Waals surface area contributed by atoms with Gasteiger partial charge in [0.05, 0.1) is 0 Å². The molecule has 1 aliphatic carbocycles. The van der Waals surface area contributed by atoms with Crippen LogP contribution in [0.25, 0.3) is 5.57 Å². The first-order valence-corrected chi connectivity index (χ1v) is 12.5. The molecular formula is C29H38N2O2. The van der Waals surface area contributed by atoms with Crippen LogP contribution in [0.1, 0.15) is 62.4 Å². The predicted octanol–water partition coefficient (Wildman–Crippen LogP) is 5.84. The number of hydrogen-bond acceptors (Lipinski definition) is 3. The van der Waals surface area contributed by atoms with E-state index in [4.69, 9.17) is 4.74 Å². The quantitative estimate of drug-likeness (QED) is 0.527. The van der Waals surface area contributed by atoms with Gasteiger partial charge in [-0.1, -0.05) is 36.9 Å². The zero-order valence-corrected chi connectivity index (χ0v) is 20.5. The van der Waals surface area contributed by atoms with E-state index in [1.807, 2.05) is 50.0 Å². The van der Waals surface area contributed by atoms with Crippen molar-refractivity contribution in [2.24, 2.45) is 5.92 Å². The van der Waals surface area contributed by atoms with Gasteiger partial charge in [0, 0.05) is 56.7 Å². The molecule has 0 radical (unpaired) electrons. The largest absolute Gasteiger partial charge is 0.483 e. The summed E-state index contributed by atoms with van der Waals surface area (Å²) in [5, 5.41) is 0. The van der Waals surface area contributed by atoms with Crippen molar-refractivity contribution in [2.75, 3.05) is 32.7 Å². The molecule has 2 aliphatic heterocycles. The monoisotopic (exact) mass is 446 g/mol. The van der Waals surface area contributed by atoms with E-state index in [9.17, 15) is 4.79 Å². The zero-order valence-electron chi connectivity index (χ0n) is 20.5. The van der Waals surface area contributed by atoms with Crippen molar-refractivity contribution in [3.05, 3.63) is 77.6 Å². The van der Waals surface area contributed by atoms with E-state index in [-0.39, 0.29) is 11.5 Å². The van der Waals surface area contributed by atoms with Crippen LogP contribution in [0.2, 0.25) is 0 Å². The number of amides is 1. The Hall–Kier alpha value is -2.59. The number of hydrogen-bond donors (Lipinski definition) is 0. The fraction of sp³-hybridized carbons (Fsp3) is 0.483. The Morgan fingerprint density at radius 3 is 2.42 bits per heavy atom. The summed E-state index contributed by atoms with van der Waals surface area (Å²) in [6.07, 6.45) is 13.2. The lowest BCUT2D eigenvalue weighted by molar-refractivity contribution is -0.00967. The third kappa shape index (κ3) is 5.33. The van der Waals surface area contributed by atoms with Gasteiger partial charge in [-0.25, -0.2) is 0 Å². The van der Waals surface area contributed by atoms with Crippen molar-refractivity contribution < 1.29 is 9.53 Å². The number of nitrogens with zero attached hydrogens (tertiary/aromatic N) is 2. The number of likely N-dealkylation sites (tertiary alicyclic amines) is 1. The van der Waals surface area contributed by atoms with Crippen LogP contribution >= 0.6 is 0 Å². The molecule has 0 N–H and O–H groups in total. The van der Waals surface area contributed by atoms with Gasteiger partial charge in [-0.05, 0) is 68.9 Å². The highest BCUT2D eigenvalue weighted by atomic mass is 16.5. The van der Waals surface area contributed by atoms with E-state index in [1.54, 1.807) is 0 Å². The van der Waals surface area contributed by atoms with Gasteiger partial charge < -0.3 is 14.5 Å². The van der Waals surface area contributed by atoms with E-state index < -0.39 is 0 Å². The van der Waals surface area contributed by atoms with Gasteiger partial charge in [-0.15, -0.1) is 0 Å². The first-order chi connectivity index (χ1) is 16.0. The minimum Gasteiger partial charge on any atom is -0.483 e. The van der Waals surface area contributed by atoms with Crippen molar-refractivity contribution in [1.82, 2.24) is 9.80 Å². The maximum Gasteiger partial charge on any atom is 0.253 e. The van der Waals surface area contributed by atoms with E-state index in [1.165, 1.54) is 19.4 Å². The number of carbonyl (C=O) groups is 1. The first kappa shape index (κ1) is 23.6. The lowest BCUT2D eigenvalue weighted by Gasteiger charge is -2.44. The number of ether oxygens (including phenoxy) is 1. The Kier molecular flexibility index (Phi) is 7.23. The molecule has 3 aliphatic rings. The van der Waals surface area contributed by atoms with Crippen molar-refractivity contribution in [3.63, 3.8) is 0 Å². The Labute approximate surface area is 199 Å². The van der Waals surface area contributed by atoms with E-state index in [0.29, 0.717) is 0 Å². The number of rotatable bonds is 7. The molecule has 1 saturated carbocycles. The molecule has 0 bridgehead atoms. The van der Waals surface area contributed by atoms with Crippen LogP contribution < -0.4 is 0 Å². The van der Waals surface area contributed by atoms with Gasteiger partial charge in [-0.2, -0.15) is 0 Å². The van der Waals surface area contributed by atoms with Gasteiger partial charge in [0.2, 0.25) is 0 Å². The van der Waals surface area contributed by atoms with Gasteiger partial charge in [0.25, 0.3) is 5.91 Å². The summed E-state index contributed by atoms with van der Waals surface area (Å²) < 4.78 is 6.51. The molecule has 1 spiro atoms. The van der Waals surface area contributed by atoms with E-state index in [0.717, 1.165) is 73.0 Å². The van der Waals surface area contributed by atoms with Crippen LogP contribution in [-0.4, -0.2) is 54.0 Å². The molecule has 33 heavy (non-hydrogen) atoms. The summed E-state index contributed by atoms with van der Waals surface area (Å²) in [5.41, 5.74) is 3.71. The van der Waals surface area contributed by atoms with Crippen molar-refractivity contribution in [2.45, 2.75) is 52.1 Å². The second-order valence-corrected chi connectivity index (χ2v) is 9.55. The Morgan fingerprint density at radius 1 is 1.18 bits per heavy atom. The predicted molar refractivity (Wildman–Crippen MR) is 136 cm³/mol. The fourth-order valence-corrected chi connectivity index (χ4v) is 4.95. The molecule has 0 unspecified atom stereocenters. The van der Waals surface area contributed by atoms with Gasteiger partial charge in [0.15, 0.2) is 0 Å². The van der Waals surface area contributed by atoms with Crippen LogP contribution in [-0.2, 0) is 4.74 Å². The first-order valence-electron chi connectivity index (χ1n) is 12.5. The smallest absolute Gasteiger partial charge is 0.253 e. The highest BCUT2D eigenvalue weighted by Crippen LogP contribution is 2.43. The normalized spacial score (nSPS) is 22.0. The summed E-state index contributed by atoms with van der Waals surface area (Å²) in [6, 6.07) is 8.04. The molecule has 2 heterocycles. The standard InChI is InChI=1S/C29H38N2O2/c1-5-8-9-26-22(4)33-29(16-18-30(19-17-29)21-23-10-11-23)20-27(26)24-12-14-25(15-13-24)28(32)31(6-2)7-3/h5,8-9,12-15,20,23H,4,6-7,10-11,16-19,21H2,1-3H3/b8-5-,26-9+. The molecule has 176 valence electrons. The maximum absolute atomic E-state index is 12.8. The van der Waals surface area contributed by atoms with Crippen molar-refractivity contribution in [3.8, 4) is 0 Å². The number of piperidine rings is 1. The van der Waals surface area contributed by atoms with Crippen LogP contribution in [0.3, 0.4) is 0 Å². The highest BCUT2D eigenvalue weighted by molar-refractivity contribution is 5.95. The zero-order chi connectivity index (χ0) is 23.4. The Morgan fingerprint density at radius 2 is 1.85 bits per heavy atom. The van der Waals surface area contributed by atoms with Crippen LogP contribution in [0.4, 0.5) is 0 Å². The topological polar surface area (TPSA) is 32.8 Å². The van der Waals surface area contributed by atoms with Crippen LogP contribution in [0.5, 0.6) is 0 Å². The third-order valence-corrected chi connectivity index (χ3v) is 7.19. The maximum atomic E-state index is 12.8. The third-order valence-electron chi connectivity index (χ3n) is 7.19. The minimum absolute atomic E-state index is 0.0844. The summed E-state index contributed by atoms with van der Waals surface area (Å²) in [6.45, 7) is 15.2. The number of benzene rings is 1. The van der Waals surface area contributed by atoms with Crippen LogP contribution in [0.15, 0.2) is 66.5 Å². The van der Waals surface area contributed by atoms with Gasteiger partial charge in [0.1, 0.15) is 11.4 Å². The number of allylic oxidation sites excluding steroid dienone is 4. The lowest BCUT2D eigenvalue weighted by Crippen LogP contribution is -2.46. The molecule has 1 aromatic carbocycles.